The molecular formula is C18H27N3O. The number of rotatable bonds is 9. The monoisotopic (exact) mass is 301 g/mol. The first-order valence-corrected chi connectivity index (χ1v) is 8.43. The molecule has 1 aromatic carbocycles. The topological polar surface area (TPSA) is 64.9 Å². The molecule has 4 heteroatoms. The molecule has 1 atom stereocenters. The van der Waals surface area contributed by atoms with Gasteiger partial charge in [0.05, 0.1) is 0 Å². The minimum atomic E-state index is 0.0954. The van der Waals surface area contributed by atoms with Gasteiger partial charge < -0.3 is 10.3 Å². The molecule has 2 rings (SSSR count). The van der Waals surface area contributed by atoms with Crippen LogP contribution in [-0.4, -0.2) is 10.1 Å². The summed E-state index contributed by atoms with van der Waals surface area (Å²) in [5.74, 6) is 1.40. The molecule has 2 N–H and O–H groups in total. The molecule has 0 unspecified atom stereocenters. The van der Waals surface area contributed by atoms with Gasteiger partial charge in [0.2, 0.25) is 11.7 Å². The van der Waals surface area contributed by atoms with Gasteiger partial charge >= 0.3 is 0 Å². The number of benzene rings is 1. The minimum Gasteiger partial charge on any atom is -0.339 e. The Balaban J connectivity index is 1.90. The van der Waals surface area contributed by atoms with E-state index in [9.17, 15) is 0 Å². The predicted molar refractivity (Wildman–Crippen MR) is 89.4 cm³/mol. The average molecular weight is 301 g/mol. The smallest absolute Gasteiger partial charge is 0.226 e. The standard InChI is InChI=1S/C18H27N3O/c1-3-5-6-7-8-9-17-20-18(21-22-17)15-12-10-14(11-13-15)16(19)4-2/h10-13,16H,3-9,19H2,1-2H3/t16-/m0/s1. The largest absolute Gasteiger partial charge is 0.339 e. The first-order valence-electron chi connectivity index (χ1n) is 8.43. The number of nitrogens with two attached hydrogens (primary N) is 1. The highest BCUT2D eigenvalue weighted by molar-refractivity contribution is 5.54. The van der Waals surface area contributed by atoms with Crippen LogP contribution < -0.4 is 5.73 Å². The number of aromatic nitrogens is 2. The second-order valence-corrected chi connectivity index (χ2v) is 5.81. The van der Waals surface area contributed by atoms with Crippen molar-refractivity contribution in [1.82, 2.24) is 10.1 Å². The normalized spacial score (nSPS) is 12.5. The van der Waals surface area contributed by atoms with Crippen molar-refractivity contribution in [3.63, 3.8) is 0 Å². The lowest BCUT2D eigenvalue weighted by atomic mass is 10.0. The maximum atomic E-state index is 6.03. The first kappa shape index (κ1) is 16.7. The third-order valence-corrected chi connectivity index (χ3v) is 4.00. The summed E-state index contributed by atoms with van der Waals surface area (Å²) < 4.78 is 5.34. The van der Waals surface area contributed by atoms with Gasteiger partial charge in [-0.3, -0.25) is 0 Å². The van der Waals surface area contributed by atoms with E-state index in [0.717, 1.165) is 36.3 Å². The molecule has 120 valence electrons. The van der Waals surface area contributed by atoms with Crippen LogP contribution in [0.2, 0.25) is 0 Å². The summed E-state index contributed by atoms with van der Waals surface area (Å²) in [5.41, 5.74) is 8.15. The summed E-state index contributed by atoms with van der Waals surface area (Å²) in [4.78, 5) is 4.48. The molecule has 0 aliphatic carbocycles. The van der Waals surface area contributed by atoms with E-state index in [1.54, 1.807) is 0 Å². The maximum Gasteiger partial charge on any atom is 0.226 e. The van der Waals surface area contributed by atoms with Gasteiger partial charge in [0.25, 0.3) is 0 Å². The van der Waals surface area contributed by atoms with Crippen molar-refractivity contribution in [3.8, 4) is 11.4 Å². The van der Waals surface area contributed by atoms with Crippen LogP contribution in [-0.2, 0) is 6.42 Å². The Morgan fingerprint density at radius 1 is 1.05 bits per heavy atom. The fourth-order valence-corrected chi connectivity index (χ4v) is 2.47. The van der Waals surface area contributed by atoms with Crippen LogP contribution in [0.4, 0.5) is 0 Å². The zero-order valence-electron chi connectivity index (χ0n) is 13.7. The number of unbranched alkanes of at least 4 members (excludes halogenated alkanes) is 4. The van der Waals surface area contributed by atoms with Crippen LogP contribution in [0, 0.1) is 0 Å². The summed E-state index contributed by atoms with van der Waals surface area (Å²) >= 11 is 0. The van der Waals surface area contributed by atoms with Crippen LogP contribution in [0.1, 0.15) is 69.9 Å². The lowest BCUT2D eigenvalue weighted by Crippen LogP contribution is -2.08. The van der Waals surface area contributed by atoms with Crippen LogP contribution in [0.25, 0.3) is 11.4 Å². The molecule has 0 amide bonds. The molecular weight excluding hydrogens is 274 g/mol. The van der Waals surface area contributed by atoms with E-state index in [0.29, 0.717) is 5.82 Å². The fourth-order valence-electron chi connectivity index (χ4n) is 2.47. The molecule has 0 saturated heterocycles. The van der Waals surface area contributed by atoms with Gasteiger partial charge in [0, 0.05) is 18.0 Å². The summed E-state index contributed by atoms with van der Waals surface area (Å²) in [6.45, 7) is 4.31. The van der Waals surface area contributed by atoms with Gasteiger partial charge in [0.1, 0.15) is 0 Å². The van der Waals surface area contributed by atoms with E-state index in [2.05, 4.69) is 24.0 Å². The summed E-state index contributed by atoms with van der Waals surface area (Å²) in [6, 6.07) is 8.22. The fraction of sp³-hybridized carbons (Fsp3) is 0.556. The van der Waals surface area contributed by atoms with E-state index in [-0.39, 0.29) is 6.04 Å². The molecule has 0 aliphatic heterocycles. The Labute approximate surface area is 133 Å². The molecule has 4 nitrogen and oxygen atoms in total. The first-order chi connectivity index (χ1) is 10.7. The number of aryl methyl sites for hydroxylation is 1. The van der Waals surface area contributed by atoms with Crippen molar-refractivity contribution in [2.24, 2.45) is 5.73 Å². The lowest BCUT2D eigenvalue weighted by Gasteiger charge is -2.08. The lowest BCUT2D eigenvalue weighted by molar-refractivity contribution is 0.374. The van der Waals surface area contributed by atoms with Gasteiger partial charge in [-0.1, -0.05) is 69.0 Å². The third kappa shape index (κ3) is 4.67. The van der Waals surface area contributed by atoms with Gasteiger partial charge in [-0.25, -0.2) is 0 Å². The molecule has 1 aromatic heterocycles. The highest BCUT2D eigenvalue weighted by Gasteiger charge is 2.09. The molecule has 0 fully saturated rings. The highest BCUT2D eigenvalue weighted by atomic mass is 16.5. The maximum absolute atomic E-state index is 6.03. The van der Waals surface area contributed by atoms with Crippen LogP contribution in [0.15, 0.2) is 28.8 Å². The number of hydrogen-bond acceptors (Lipinski definition) is 4. The second kappa shape index (κ2) is 8.69. The molecule has 1 heterocycles. The summed E-state index contributed by atoms with van der Waals surface area (Å²) in [5, 5.41) is 4.08. The molecule has 0 saturated carbocycles. The van der Waals surface area contributed by atoms with E-state index < -0.39 is 0 Å². The zero-order chi connectivity index (χ0) is 15.8. The van der Waals surface area contributed by atoms with Crippen molar-refractivity contribution in [3.05, 3.63) is 35.7 Å². The van der Waals surface area contributed by atoms with Gasteiger partial charge in [-0.2, -0.15) is 4.98 Å². The molecule has 2 aromatic rings. The third-order valence-electron chi connectivity index (χ3n) is 4.00. The molecule has 0 spiro atoms. The second-order valence-electron chi connectivity index (χ2n) is 5.81. The van der Waals surface area contributed by atoms with Gasteiger partial charge in [-0.15, -0.1) is 0 Å². The Kier molecular flexibility index (Phi) is 6.59. The Morgan fingerprint density at radius 2 is 1.77 bits per heavy atom. The Morgan fingerprint density at radius 3 is 2.45 bits per heavy atom. The van der Waals surface area contributed by atoms with Gasteiger partial charge in [0.15, 0.2) is 0 Å². The zero-order valence-corrected chi connectivity index (χ0v) is 13.7. The van der Waals surface area contributed by atoms with Crippen LogP contribution in [0.5, 0.6) is 0 Å². The van der Waals surface area contributed by atoms with Crippen molar-refractivity contribution in [1.29, 1.82) is 0 Å². The SMILES string of the molecule is CCCCCCCc1nc(-c2ccc([C@@H](N)CC)cc2)no1. The number of hydrogen-bond donors (Lipinski definition) is 1. The van der Waals surface area contributed by atoms with E-state index >= 15 is 0 Å². The Hall–Kier alpha value is -1.68. The average Bonchev–Trinajstić information content (AvgIpc) is 3.03. The number of nitrogens with zero attached hydrogens (tertiary/aromatic N) is 2. The summed E-state index contributed by atoms with van der Waals surface area (Å²) in [6.07, 6.45) is 8.01. The predicted octanol–water partition coefficient (Wildman–Crippen LogP) is 4.66. The Bertz CT molecular complexity index is 548. The molecule has 0 bridgehead atoms. The van der Waals surface area contributed by atoms with Crippen molar-refractivity contribution >= 4 is 0 Å². The molecule has 0 aliphatic rings. The van der Waals surface area contributed by atoms with Gasteiger partial charge in [-0.05, 0) is 18.4 Å². The van der Waals surface area contributed by atoms with Crippen molar-refractivity contribution < 1.29 is 4.52 Å². The quantitative estimate of drug-likeness (QED) is 0.684. The minimum absolute atomic E-state index is 0.0954. The molecule has 22 heavy (non-hydrogen) atoms. The van der Waals surface area contributed by atoms with E-state index in [4.69, 9.17) is 10.3 Å². The van der Waals surface area contributed by atoms with Crippen LogP contribution in [0.3, 0.4) is 0 Å². The summed E-state index contributed by atoms with van der Waals surface area (Å²) in [7, 11) is 0. The van der Waals surface area contributed by atoms with Crippen molar-refractivity contribution in [2.75, 3.05) is 0 Å². The van der Waals surface area contributed by atoms with Crippen LogP contribution >= 0.6 is 0 Å². The van der Waals surface area contributed by atoms with E-state index in [1.165, 1.54) is 25.7 Å². The highest BCUT2D eigenvalue weighted by Crippen LogP contribution is 2.20. The van der Waals surface area contributed by atoms with E-state index in [1.807, 2.05) is 24.3 Å². The molecule has 0 radical (unpaired) electrons. The van der Waals surface area contributed by atoms with Crippen molar-refractivity contribution in [2.45, 2.75) is 64.8 Å².